The highest BCUT2D eigenvalue weighted by molar-refractivity contribution is 5.54. The van der Waals surface area contributed by atoms with E-state index in [1.165, 1.54) is 6.07 Å². The van der Waals surface area contributed by atoms with Crippen molar-refractivity contribution in [2.45, 2.75) is 45.7 Å². The van der Waals surface area contributed by atoms with E-state index in [0.29, 0.717) is 12.5 Å². The number of nitrogens with zero attached hydrogens (tertiary/aromatic N) is 1. The van der Waals surface area contributed by atoms with Gasteiger partial charge in [-0.25, -0.2) is 4.39 Å². The van der Waals surface area contributed by atoms with Gasteiger partial charge >= 0.3 is 0 Å². The lowest BCUT2D eigenvalue weighted by Gasteiger charge is -2.34. The van der Waals surface area contributed by atoms with E-state index < -0.39 is 0 Å². The van der Waals surface area contributed by atoms with E-state index in [1.54, 1.807) is 6.07 Å². The average molecular weight is 294 g/mol. The van der Waals surface area contributed by atoms with Crippen LogP contribution in [0.15, 0.2) is 18.2 Å². The fourth-order valence-corrected chi connectivity index (χ4v) is 2.73. The van der Waals surface area contributed by atoms with Crippen LogP contribution in [0.2, 0.25) is 0 Å². The van der Waals surface area contributed by atoms with Gasteiger partial charge in [0, 0.05) is 43.0 Å². The standard InChI is InChI=1S/C17H27FN2O/c1-17(2,3)19-11-14-15(18)5-4-6-16(14)20-9-7-13(12-21)8-10-20/h4-6,13,19,21H,7-12H2,1-3H3. The fraction of sp³-hybridized carbons (Fsp3) is 0.647. The first-order valence-corrected chi connectivity index (χ1v) is 7.79. The summed E-state index contributed by atoms with van der Waals surface area (Å²) in [5, 5.41) is 12.6. The summed E-state index contributed by atoms with van der Waals surface area (Å²) in [6.45, 7) is 8.82. The smallest absolute Gasteiger partial charge is 0.129 e. The van der Waals surface area contributed by atoms with Crippen molar-refractivity contribution < 1.29 is 9.50 Å². The van der Waals surface area contributed by atoms with Crippen molar-refractivity contribution in [2.75, 3.05) is 24.6 Å². The van der Waals surface area contributed by atoms with Gasteiger partial charge < -0.3 is 15.3 Å². The molecule has 1 aliphatic heterocycles. The van der Waals surface area contributed by atoms with E-state index in [4.69, 9.17) is 0 Å². The van der Waals surface area contributed by atoms with Crippen LogP contribution in [0.5, 0.6) is 0 Å². The molecule has 1 aromatic carbocycles. The number of nitrogens with one attached hydrogen (secondary N) is 1. The molecule has 1 aliphatic rings. The van der Waals surface area contributed by atoms with Gasteiger partial charge in [0.05, 0.1) is 0 Å². The summed E-state index contributed by atoms with van der Waals surface area (Å²) >= 11 is 0. The number of halogens is 1. The van der Waals surface area contributed by atoms with Crippen LogP contribution in [-0.4, -0.2) is 30.3 Å². The summed E-state index contributed by atoms with van der Waals surface area (Å²) in [5.41, 5.74) is 1.70. The monoisotopic (exact) mass is 294 g/mol. The largest absolute Gasteiger partial charge is 0.396 e. The van der Waals surface area contributed by atoms with E-state index in [0.717, 1.165) is 37.2 Å². The zero-order chi connectivity index (χ0) is 15.5. The highest BCUT2D eigenvalue weighted by Crippen LogP contribution is 2.28. The number of piperidine rings is 1. The maximum Gasteiger partial charge on any atom is 0.129 e. The van der Waals surface area contributed by atoms with E-state index in [9.17, 15) is 9.50 Å². The molecule has 0 atom stereocenters. The Morgan fingerprint density at radius 2 is 1.95 bits per heavy atom. The molecule has 118 valence electrons. The fourth-order valence-electron chi connectivity index (χ4n) is 2.73. The Labute approximate surface area is 127 Å². The van der Waals surface area contributed by atoms with Crippen LogP contribution < -0.4 is 10.2 Å². The molecule has 3 nitrogen and oxygen atoms in total. The molecule has 0 spiro atoms. The molecular weight excluding hydrogens is 267 g/mol. The predicted molar refractivity (Wildman–Crippen MR) is 85.0 cm³/mol. The van der Waals surface area contributed by atoms with Crippen LogP contribution in [-0.2, 0) is 6.54 Å². The first-order valence-electron chi connectivity index (χ1n) is 7.79. The van der Waals surface area contributed by atoms with Gasteiger partial charge in [0.2, 0.25) is 0 Å². The van der Waals surface area contributed by atoms with Crippen molar-refractivity contribution >= 4 is 5.69 Å². The third-order valence-electron chi connectivity index (χ3n) is 4.10. The zero-order valence-electron chi connectivity index (χ0n) is 13.3. The lowest BCUT2D eigenvalue weighted by atomic mass is 9.96. The second-order valence-electron chi connectivity index (χ2n) is 6.95. The SMILES string of the molecule is CC(C)(C)NCc1c(F)cccc1N1CCC(CO)CC1. The van der Waals surface area contributed by atoms with E-state index in [1.807, 2.05) is 6.07 Å². The van der Waals surface area contributed by atoms with Crippen molar-refractivity contribution in [3.63, 3.8) is 0 Å². The van der Waals surface area contributed by atoms with Crippen LogP contribution >= 0.6 is 0 Å². The molecule has 0 unspecified atom stereocenters. The van der Waals surface area contributed by atoms with Gasteiger partial charge in [-0.3, -0.25) is 0 Å². The lowest BCUT2D eigenvalue weighted by molar-refractivity contribution is 0.203. The quantitative estimate of drug-likeness (QED) is 0.896. The number of benzene rings is 1. The van der Waals surface area contributed by atoms with Crippen molar-refractivity contribution in [1.29, 1.82) is 0 Å². The van der Waals surface area contributed by atoms with Crippen molar-refractivity contribution in [3.05, 3.63) is 29.6 Å². The van der Waals surface area contributed by atoms with Gasteiger partial charge in [0.15, 0.2) is 0 Å². The van der Waals surface area contributed by atoms with Crippen LogP contribution in [0.3, 0.4) is 0 Å². The minimum atomic E-state index is -0.145. The number of hydrogen-bond acceptors (Lipinski definition) is 3. The third kappa shape index (κ3) is 4.42. The molecule has 1 heterocycles. The van der Waals surface area contributed by atoms with Gasteiger partial charge in [-0.15, -0.1) is 0 Å². The Kier molecular flexibility index (Phi) is 5.22. The number of anilines is 1. The number of hydrogen-bond donors (Lipinski definition) is 2. The summed E-state index contributed by atoms with van der Waals surface area (Å²) in [6.07, 6.45) is 1.94. The van der Waals surface area contributed by atoms with Crippen molar-refractivity contribution in [1.82, 2.24) is 5.32 Å². The molecule has 1 aromatic rings. The van der Waals surface area contributed by atoms with Crippen molar-refractivity contribution in [2.24, 2.45) is 5.92 Å². The van der Waals surface area contributed by atoms with Crippen LogP contribution in [0, 0.1) is 11.7 Å². The van der Waals surface area contributed by atoms with E-state index >= 15 is 0 Å². The van der Waals surface area contributed by atoms with Crippen LogP contribution in [0.1, 0.15) is 39.2 Å². The van der Waals surface area contributed by atoms with Crippen LogP contribution in [0.4, 0.5) is 10.1 Å². The van der Waals surface area contributed by atoms with Crippen LogP contribution in [0.25, 0.3) is 0 Å². The summed E-state index contributed by atoms with van der Waals surface area (Å²) in [6, 6.07) is 5.31. The van der Waals surface area contributed by atoms with Gasteiger partial charge in [0.1, 0.15) is 5.82 Å². The summed E-state index contributed by atoms with van der Waals surface area (Å²) in [5.74, 6) is 0.250. The topological polar surface area (TPSA) is 35.5 Å². The molecule has 0 radical (unpaired) electrons. The Balaban J connectivity index is 2.14. The Hall–Kier alpha value is -1.13. The maximum absolute atomic E-state index is 14.2. The van der Waals surface area contributed by atoms with Gasteiger partial charge in [-0.05, 0) is 51.7 Å². The molecule has 0 aromatic heterocycles. The Morgan fingerprint density at radius 3 is 2.52 bits per heavy atom. The van der Waals surface area contributed by atoms with Gasteiger partial charge in [-0.2, -0.15) is 0 Å². The molecule has 1 saturated heterocycles. The summed E-state index contributed by atoms with van der Waals surface area (Å²) in [4.78, 5) is 2.24. The highest BCUT2D eigenvalue weighted by Gasteiger charge is 2.22. The summed E-state index contributed by atoms with van der Waals surface area (Å²) < 4.78 is 14.2. The Morgan fingerprint density at radius 1 is 1.29 bits per heavy atom. The maximum atomic E-state index is 14.2. The molecular formula is C17H27FN2O. The highest BCUT2D eigenvalue weighted by atomic mass is 19.1. The first kappa shape index (κ1) is 16.2. The molecule has 21 heavy (non-hydrogen) atoms. The van der Waals surface area contributed by atoms with E-state index in [-0.39, 0.29) is 18.0 Å². The van der Waals surface area contributed by atoms with E-state index in [2.05, 4.69) is 31.0 Å². The molecule has 2 N–H and O–H groups in total. The number of aliphatic hydroxyl groups is 1. The Bertz CT molecular complexity index is 462. The predicted octanol–water partition coefficient (Wildman–Crippen LogP) is 2.92. The molecule has 0 aliphatic carbocycles. The normalized spacial score (nSPS) is 17.3. The number of aliphatic hydroxyl groups excluding tert-OH is 1. The minimum absolute atomic E-state index is 0.0383. The molecule has 0 saturated carbocycles. The molecule has 0 bridgehead atoms. The molecule has 2 rings (SSSR count). The van der Waals surface area contributed by atoms with Gasteiger partial charge in [0.25, 0.3) is 0 Å². The first-order chi connectivity index (χ1) is 9.90. The second kappa shape index (κ2) is 6.75. The lowest BCUT2D eigenvalue weighted by Crippen LogP contribution is -2.38. The second-order valence-corrected chi connectivity index (χ2v) is 6.95. The van der Waals surface area contributed by atoms with Crippen molar-refractivity contribution in [3.8, 4) is 0 Å². The minimum Gasteiger partial charge on any atom is -0.396 e. The number of rotatable bonds is 4. The molecule has 1 fully saturated rings. The van der Waals surface area contributed by atoms with Gasteiger partial charge in [-0.1, -0.05) is 6.07 Å². The zero-order valence-corrected chi connectivity index (χ0v) is 13.3. The summed E-state index contributed by atoms with van der Waals surface area (Å²) in [7, 11) is 0. The molecule has 0 amide bonds. The average Bonchev–Trinajstić information content (AvgIpc) is 2.45. The third-order valence-corrected chi connectivity index (χ3v) is 4.10. The molecule has 4 heteroatoms.